The van der Waals surface area contributed by atoms with Crippen LogP contribution in [0.25, 0.3) is 0 Å². The molecular weight excluding hydrogens is 132 g/mol. The fourth-order valence-corrected chi connectivity index (χ4v) is 3.56. The first-order valence-electron chi connectivity index (χ1n) is 5.16. The molecule has 2 atom stereocenters. The molecule has 11 heavy (non-hydrogen) atoms. The fourth-order valence-electron chi connectivity index (χ4n) is 3.56. The molecule has 0 aromatic rings. The van der Waals surface area contributed by atoms with Crippen molar-refractivity contribution in [2.75, 3.05) is 0 Å². The molecule has 0 nitrogen and oxygen atoms in total. The lowest BCUT2D eigenvalue weighted by atomic mass is 9.85. The first-order valence-corrected chi connectivity index (χ1v) is 5.16. The van der Waals surface area contributed by atoms with E-state index in [0.717, 1.165) is 11.8 Å². The number of allylic oxidation sites excluding steroid dienone is 2. The molecule has 0 spiro atoms. The molecule has 3 aliphatic rings. The average Bonchev–Trinajstić information content (AvgIpc) is 2.58. The quantitative estimate of drug-likeness (QED) is 0.462. The molecule has 3 rings (SSSR count). The second-order valence-corrected chi connectivity index (χ2v) is 4.48. The Morgan fingerprint density at radius 2 is 1.91 bits per heavy atom. The third kappa shape index (κ3) is 0.758. The van der Waals surface area contributed by atoms with E-state index in [1.807, 2.05) is 11.1 Å². The molecule has 2 saturated carbocycles. The Bertz CT molecular complexity index is 212. The van der Waals surface area contributed by atoms with Crippen molar-refractivity contribution in [3.8, 4) is 0 Å². The summed E-state index contributed by atoms with van der Waals surface area (Å²) in [5, 5.41) is 0. The van der Waals surface area contributed by atoms with Gasteiger partial charge in [0.2, 0.25) is 0 Å². The number of hydrogen-bond donors (Lipinski definition) is 0. The Kier molecular flexibility index (Phi) is 1.21. The summed E-state index contributed by atoms with van der Waals surface area (Å²) in [5.74, 6) is 2.18. The van der Waals surface area contributed by atoms with Crippen LogP contribution in [0, 0.1) is 11.8 Å². The first-order chi connectivity index (χ1) is 5.45. The lowest BCUT2D eigenvalue weighted by Crippen LogP contribution is -2.08. The lowest BCUT2D eigenvalue weighted by molar-refractivity contribution is 0.356. The SMILES string of the molecule is C1CC2=C3CCCC3C(C1)C2. The predicted octanol–water partition coefficient (Wildman–Crippen LogP) is 3.29. The molecule has 0 radical (unpaired) electrons. The van der Waals surface area contributed by atoms with Gasteiger partial charge in [-0.3, -0.25) is 0 Å². The van der Waals surface area contributed by atoms with E-state index in [2.05, 4.69) is 0 Å². The van der Waals surface area contributed by atoms with Crippen LogP contribution in [-0.2, 0) is 0 Å². The normalized spacial score (nSPS) is 41.5. The van der Waals surface area contributed by atoms with Crippen LogP contribution in [0.1, 0.15) is 44.9 Å². The maximum absolute atomic E-state index is 1.92. The lowest BCUT2D eigenvalue weighted by Gasteiger charge is -2.20. The second kappa shape index (κ2) is 2.12. The molecule has 0 aromatic carbocycles. The van der Waals surface area contributed by atoms with Crippen molar-refractivity contribution < 1.29 is 0 Å². The van der Waals surface area contributed by atoms with E-state index < -0.39 is 0 Å². The molecule has 2 bridgehead atoms. The minimum absolute atomic E-state index is 1.08. The highest BCUT2D eigenvalue weighted by atomic mass is 14.4. The van der Waals surface area contributed by atoms with Gasteiger partial charge in [-0.25, -0.2) is 0 Å². The molecular formula is C11H16. The van der Waals surface area contributed by atoms with Crippen molar-refractivity contribution in [2.45, 2.75) is 44.9 Å². The van der Waals surface area contributed by atoms with E-state index in [1.54, 1.807) is 0 Å². The van der Waals surface area contributed by atoms with E-state index in [9.17, 15) is 0 Å². The van der Waals surface area contributed by atoms with Crippen LogP contribution in [0.5, 0.6) is 0 Å². The smallest absolute Gasteiger partial charge is 0.0169 e. The Balaban J connectivity index is 2.02. The van der Waals surface area contributed by atoms with Gasteiger partial charge in [-0.2, -0.15) is 0 Å². The average molecular weight is 148 g/mol. The molecule has 2 fully saturated rings. The third-order valence-corrected chi connectivity index (χ3v) is 3.99. The van der Waals surface area contributed by atoms with Gasteiger partial charge in [0, 0.05) is 0 Å². The van der Waals surface area contributed by atoms with Crippen molar-refractivity contribution in [1.82, 2.24) is 0 Å². The molecule has 0 saturated heterocycles. The highest BCUT2D eigenvalue weighted by Gasteiger charge is 2.38. The Labute approximate surface area is 68.7 Å². The van der Waals surface area contributed by atoms with Gasteiger partial charge in [-0.1, -0.05) is 11.1 Å². The summed E-state index contributed by atoms with van der Waals surface area (Å²) in [7, 11) is 0. The van der Waals surface area contributed by atoms with Crippen molar-refractivity contribution in [1.29, 1.82) is 0 Å². The van der Waals surface area contributed by atoms with Crippen LogP contribution in [0.4, 0.5) is 0 Å². The Hall–Kier alpha value is -0.260. The summed E-state index contributed by atoms with van der Waals surface area (Å²) < 4.78 is 0. The highest BCUT2D eigenvalue weighted by molar-refractivity contribution is 5.29. The minimum atomic E-state index is 1.08. The highest BCUT2D eigenvalue weighted by Crippen LogP contribution is 2.52. The Morgan fingerprint density at radius 1 is 1.00 bits per heavy atom. The van der Waals surface area contributed by atoms with Crippen LogP contribution in [0.2, 0.25) is 0 Å². The zero-order chi connectivity index (χ0) is 7.26. The van der Waals surface area contributed by atoms with E-state index in [1.165, 1.54) is 44.9 Å². The molecule has 60 valence electrons. The largest absolute Gasteiger partial charge is 0.0704 e. The van der Waals surface area contributed by atoms with Gasteiger partial charge in [0.1, 0.15) is 0 Å². The number of fused-ring (bicyclic) bond motifs is 4. The molecule has 3 aliphatic carbocycles. The van der Waals surface area contributed by atoms with Crippen LogP contribution in [0.15, 0.2) is 11.1 Å². The first kappa shape index (κ1) is 6.28. The summed E-state index contributed by atoms with van der Waals surface area (Å²) >= 11 is 0. The maximum Gasteiger partial charge on any atom is -0.0169 e. The number of rotatable bonds is 0. The third-order valence-electron chi connectivity index (χ3n) is 3.99. The van der Waals surface area contributed by atoms with Crippen molar-refractivity contribution in [3.05, 3.63) is 11.1 Å². The fraction of sp³-hybridized carbons (Fsp3) is 0.818. The van der Waals surface area contributed by atoms with Gasteiger partial charge in [0.05, 0.1) is 0 Å². The summed E-state index contributed by atoms with van der Waals surface area (Å²) in [6.07, 6.45) is 10.5. The van der Waals surface area contributed by atoms with Crippen molar-refractivity contribution >= 4 is 0 Å². The van der Waals surface area contributed by atoms with Gasteiger partial charge in [0.25, 0.3) is 0 Å². The summed E-state index contributed by atoms with van der Waals surface area (Å²) in [6, 6.07) is 0. The van der Waals surface area contributed by atoms with Gasteiger partial charge >= 0.3 is 0 Å². The number of hydrogen-bond acceptors (Lipinski definition) is 0. The van der Waals surface area contributed by atoms with Crippen LogP contribution in [0.3, 0.4) is 0 Å². The van der Waals surface area contributed by atoms with Crippen LogP contribution in [-0.4, -0.2) is 0 Å². The van der Waals surface area contributed by atoms with Crippen molar-refractivity contribution in [2.24, 2.45) is 11.8 Å². The van der Waals surface area contributed by atoms with Gasteiger partial charge in [-0.05, 0) is 56.8 Å². The van der Waals surface area contributed by atoms with E-state index in [0.29, 0.717) is 0 Å². The van der Waals surface area contributed by atoms with Gasteiger partial charge in [0.15, 0.2) is 0 Å². The molecule has 0 amide bonds. The van der Waals surface area contributed by atoms with E-state index in [-0.39, 0.29) is 0 Å². The molecule has 0 heteroatoms. The summed E-state index contributed by atoms with van der Waals surface area (Å²) in [5.41, 5.74) is 3.82. The van der Waals surface area contributed by atoms with E-state index >= 15 is 0 Å². The topological polar surface area (TPSA) is 0 Å². The van der Waals surface area contributed by atoms with Crippen LogP contribution >= 0.6 is 0 Å². The summed E-state index contributed by atoms with van der Waals surface area (Å²) in [6.45, 7) is 0. The molecule has 0 heterocycles. The van der Waals surface area contributed by atoms with Crippen molar-refractivity contribution in [3.63, 3.8) is 0 Å². The van der Waals surface area contributed by atoms with Gasteiger partial charge in [-0.15, -0.1) is 0 Å². The molecule has 2 unspecified atom stereocenters. The summed E-state index contributed by atoms with van der Waals surface area (Å²) in [4.78, 5) is 0. The second-order valence-electron chi connectivity index (χ2n) is 4.48. The predicted molar refractivity (Wildman–Crippen MR) is 46.3 cm³/mol. The molecule has 0 aromatic heterocycles. The zero-order valence-corrected chi connectivity index (χ0v) is 7.10. The maximum atomic E-state index is 1.92. The standard InChI is InChI=1S/C11H16/c1-3-8-7-9(4-1)11-6-2-5-10(8)11/h8,10H,1-7H2. The molecule has 0 N–H and O–H groups in total. The Morgan fingerprint density at radius 3 is 2.91 bits per heavy atom. The molecule has 0 aliphatic heterocycles. The van der Waals surface area contributed by atoms with Crippen LogP contribution < -0.4 is 0 Å². The van der Waals surface area contributed by atoms with Gasteiger partial charge < -0.3 is 0 Å². The minimum Gasteiger partial charge on any atom is -0.0704 e. The monoisotopic (exact) mass is 148 g/mol. The van der Waals surface area contributed by atoms with E-state index in [4.69, 9.17) is 0 Å². The zero-order valence-electron chi connectivity index (χ0n) is 7.10.